The summed E-state index contributed by atoms with van der Waals surface area (Å²) in [6, 6.07) is 5.83. The number of carbonyl (C=O) groups excluding carboxylic acids is 1. The molecule has 0 spiro atoms. The molecule has 0 N–H and O–H groups in total. The third-order valence-electron chi connectivity index (χ3n) is 4.35. The number of aryl methyl sites for hydroxylation is 1. The van der Waals surface area contributed by atoms with Crippen LogP contribution >= 0.6 is 0 Å². The van der Waals surface area contributed by atoms with Crippen LogP contribution in [0.5, 0.6) is 0 Å². The van der Waals surface area contributed by atoms with Crippen LogP contribution < -0.4 is 0 Å². The number of pyridine rings is 1. The van der Waals surface area contributed by atoms with E-state index >= 15 is 0 Å². The highest BCUT2D eigenvalue weighted by molar-refractivity contribution is 5.70. The molecule has 25 heavy (non-hydrogen) atoms. The maximum absolute atomic E-state index is 12.4. The standard InChI is InChI=1S/C21H28N2O2/c1-7-25-19(24)23-20(3,4)14-17(15-21(23,5)6)11-9-13-18-12-8-10-16(2)22-18/h8,10-12H,7,14-15H2,1-6H3. The molecule has 1 fully saturated rings. The van der Waals surface area contributed by atoms with Crippen molar-refractivity contribution in [3.05, 3.63) is 41.2 Å². The zero-order valence-electron chi connectivity index (χ0n) is 16.1. The van der Waals surface area contributed by atoms with E-state index in [-0.39, 0.29) is 17.2 Å². The number of aromatic nitrogens is 1. The number of hydrogen-bond acceptors (Lipinski definition) is 3. The van der Waals surface area contributed by atoms with Gasteiger partial charge >= 0.3 is 6.09 Å². The van der Waals surface area contributed by atoms with Crippen molar-refractivity contribution in [2.75, 3.05) is 6.61 Å². The molecule has 1 amide bonds. The van der Waals surface area contributed by atoms with E-state index in [1.807, 2.05) is 43.0 Å². The van der Waals surface area contributed by atoms with Gasteiger partial charge in [0.2, 0.25) is 0 Å². The second-order valence-corrected chi connectivity index (χ2v) is 7.75. The summed E-state index contributed by atoms with van der Waals surface area (Å²) < 4.78 is 5.27. The summed E-state index contributed by atoms with van der Waals surface area (Å²) in [6.45, 7) is 12.5. The molecule has 134 valence electrons. The molecule has 0 aromatic carbocycles. The number of ether oxygens (including phenoxy) is 1. The highest BCUT2D eigenvalue weighted by atomic mass is 16.6. The highest BCUT2D eigenvalue weighted by Gasteiger charge is 2.46. The van der Waals surface area contributed by atoms with Gasteiger partial charge < -0.3 is 4.74 Å². The fourth-order valence-corrected chi connectivity index (χ4v) is 3.76. The number of likely N-dealkylation sites (tertiary alicyclic amines) is 1. The van der Waals surface area contributed by atoms with Gasteiger partial charge in [-0.25, -0.2) is 9.78 Å². The lowest BCUT2D eigenvalue weighted by Gasteiger charge is -2.52. The molecular weight excluding hydrogens is 312 g/mol. The predicted molar refractivity (Wildman–Crippen MR) is 100 cm³/mol. The monoisotopic (exact) mass is 340 g/mol. The number of carbonyl (C=O) groups is 1. The van der Waals surface area contributed by atoms with Gasteiger partial charge in [-0.05, 0) is 78.5 Å². The maximum Gasteiger partial charge on any atom is 0.410 e. The SMILES string of the molecule is CCOC(=O)N1C(C)(C)CC(=CC#Cc2cccc(C)n2)CC1(C)C. The molecule has 0 radical (unpaired) electrons. The Morgan fingerprint density at radius 1 is 1.28 bits per heavy atom. The Morgan fingerprint density at radius 3 is 2.48 bits per heavy atom. The molecule has 2 rings (SSSR count). The first-order valence-corrected chi connectivity index (χ1v) is 8.76. The van der Waals surface area contributed by atoms with E-state index < -0.39 is 0 Å². The molecule has 1 aliphatic rings. The van der Waals surface area contributed by atoms with Crippen molar-refractivity contribution < 1.29 is 9.53 Å². The van der Waals surface area contributed by atoms with Crippen LogP contribution in [0.15, 0.2) is 29.8 Å². The van der Waals surface area contributed by atoms with Crippen LogP contribution in [0.2, 0.25) is 0 Å². The van der Waals surface area contributed by atoms with E-state index in [1.165, 1.54) is 5.57 Å². The van der Waals surface area contributed by atoms with Gasteiger partial charge in [0.25, 0.3) is 0 Å². The Balaban J connectivity index is 2.23. The van der Waals surface area contributed by atoms with Gasteiger partial charge in [-0.3, -0.25) is 4.90 Å². The first-order chi connectivity index (χ1) is 11.7. The zero-order valence-corrected chi connectivity index (χ0v) is 16.1. The van der Waals surface area contributed by atoms with Gasteiger partial charge in [-0.1, -0.05) is 17.6 Å². The number of allylic oxidation sites excluding steroid dienone is 1. The number of rotatable bonds is 1. The minimum Gasteiger partial charge on any atom is -0.450 e. The summed E-state index contributed by atoms with van der Waals surface area (Å²) in [6.07, 6.45) is 3.30. The van der Waals surface area contributed by atoms with E-state index in [1.54, 1.807) is 0 Å². The lowest BCUT2D eigenvalue weighted by atomic mass is 9.77. The van der Waals surface area contributed by atoms with Crippen LogP contribution in [-0.2, 0) is 4.74 Å². The highest BCUT2D eigenvalue weighted by Crippen LogP contribution is 2.41. The number of hydrogen-bond donors (Lipinski definition) is 0. The molecular formula is C21H28N2O2. The first-order valence-electron chi connectivity index (χ1n) is 8.76. The molecule has 0 bridgehead atoms. The van der Waals surface area contributed by atoms with Gasteiger partial charge in [0.05, 0.1) is 6.61 Å². The summed E-state index contributed by atoms with van der Waals surface area (Å²) in [5.41, 5.74) is 2.35. The van der Waals surface area contributed by atoms with Gasteiger partial charge in [-0.2, -0.15) is 0 Å². The molecule has 0 aliphatic carbocycles. The average molecular weight is 340 g/mol. The topological polar surface area (TPSA) is 42.4 Å². The van der Waals surface area contributed by atoms with Gasteiger partial charge in [0, 0.05) is 16.8 Å². The van der Waals surface area contributed by atoms with Crippen LogP contribution in [0, 0.1) is 18.8 Å². The molecule has 0 atom stereocenters. The summed E-state index contributed by atoms with van der Waals surface area (Å²) in [4.78, 5) is 18.7. The second-order valence-electron chi connectivity index (χ2n) is 7.75. The second kappa shape index (κ2) is 7.31. The average Bonchev–Trinajstić information content (AvgIpc) is 2.44. The van der Waals surface area contributed by atoms with Crippen molar-refractivity contribution in [1.29, 1.82) is 0 Å². The van der Waals surface area contributed by atoms with Crippen molar-refractivity contribution in [2.45, 2.75) is 65.5 Å². The largest absolute Gasteiger partial charge is 0.450 e. The summed E-state index contributed by atoms with van der Waals surface area (Å²) in [5, 5.41) is 0. The van der Waals surface area contributed by atoms with Crippen LogP contribution in [0.3, 0.4) is 0 Å². The first kappa shape index (κ1) is 19.1. The van der Waals surface area contributed by atoms with Crippen LogP contribution in [0.1, 0.15) is 58.8 Å². The molecule has 4 nitrogen and oxygen atoms in total. The van der Waals surface area contributed by atoms with Gasteiger partial charge in [-0.15, -0.1) is 0 Å². The van der Waals surface area contributed by atoms with Crippen LogP contribution in [0.4, 0.5) is 4.79 Å². The lowest BCUT2D eigenvalue weighted by molar-refractivity contribution is -0.00643. The molecule has 1 aromatic heterocycles. The Hall–Kier alpha value is -2.28. The lowest BCUT2D eigenvalue weighted by Crippen LogP contribution is -2.61. The molecule has 0 saturated carbocycles. The Labute approximate surface area is 151 Å². The quantitative estimate of drug-likeness (QED) is 0.708. The van der Waals surface area contributed by atoms with Crippen molar-refractivity contribution in [3.63, 3.8) is 0 Å². The Bertz CT molecular complexity index is 716. The maximum atomic E-state index is 12.4. The number of piperidine rings is 1. The third-order valence-corrected chi connectivity index (χ3v) is 4.35. The van der Waals surface area contributed by atoms with E-state index in [4.69, 9.17) is 4.74 Å². The normalized spacial score (nSPS) is 18.2. The zero-order chi connectivity index (χ0) is 18.7. The molecule has 4 heteroatoms. The van der Waals surface area contributed by atoms with E-state index in [9.17, 15) is 4.79 Å². The van der Waals surface area contributed by atoms with Gasteiger partial charge in [0.15, 0.2) is 0 Å². The smallest absolute Gasteiger partial charge is 0.410 e. The van der Waals surface area contributed by atoms with Crippen molar-refractivity contribution in [2.24, 2.45) is 0 Å². The molecule has 1 aromatic rings. The molecule has 1 saturated heterocycles. The van der Waals surface area contributed by atoms with Crippen molar-refractivity contribution >= 4 is 6.09 Å². The Kier molecular flexibility index (Phi) is 5.57. The van der Waals surface area contributed by atoms with Crippen LogP contribution in [0.25, 0.3) is 0 Å². The third kappa shape index (κ3) is 4.63. The predicted octanol–water partition coefficient (Wildman–Crippen LogP) is 4.48. The summed E-state index contributed by atoms with van der Waals surface area (Å²) in [7, 11) is 0. The molecule has 0 unspecified atom stereocenters. The van der Waals surface area contributed by atoms with Crippen LogP contribution in [-0.4, -0.2) is 33.7 Å². The minimum atomic E-state index is -0.316. The molecule has 1 aliphatic heterocycles. The summed E-state index contributed by atoms with van der Waals surface area (Å²) in [5.74, 6) is 6.23. The van der Waals surface area contributed by atoms with E-state index in [2.05, 4.69) is 44.5 Å². The van der Waals surface area contributed by atoms with E-state index in [0.29, 0.717) is 6.61 Å². The number of nitrogens with zero attached hydrogens (tertiary/aromatic N) is 2. The Morgan fingerprint density at radius 2 is 1.92 bits per heavy atom. The summed E-state index contributed by atoms with van der Waals surface area (Å²) >= 11 is 0. The molecule has 2 heterocycles. The van der Waals surface area contributed by atoms with Crippen molar-refractivity contribution in [3.8, 4) is 11.8 Å². The minimum absolute atomic E-state index is 0.244. The van der Waals surface area contributed by atoms with Crippen molar-refractivity contribution in [1.82, 2.24) is 9.88 Å². The van der Waals surface area contributed by atoms with E-state index in [0.717, 1.165) is 24.2 Å². The fraction of sp³-hybridized carbons (Fsp3) is 0.524. The van der Waals surface area contributed by atoms with Gasteiger partial charge in [0.1, 0.15) is 5.69 Å². The fourth-order valence-electron chi connectivity index (χ4n) is 3.76. The number of amides is 1.